The molecule has 1 nitrogen and oxygen atoms in total. The summed E-state index contributed by atoms with van der Waals surface area (Å²) in [5.41, 5.74) is 9.75. The first-order valence-electron chi connectivity index (χ1n) is 4.99. The molecule has 0 saturated heterocycles. The number of hydrogen-bond donors (Lipinski definition) is 1. The highest BCUT2D eigenvalue weighted by Crippen LogP contribution is 2.31. The van der Waals surface area contributed by atoms with Gasteiger partial charge < -0.3 is 5.73 Å². The maximum Gasteiger partial charge on any atom is 0.0538 e. The zero-order valence-corrected chi connectivity index (χ0v) is 10.4. The van der Waals surface area contributed by atoms with Crippen molar-refractivity contribution in [2.45, 2.75) is 0 Å². The number of rotatable bonds is 2. The molecule has 0 saturated carbocycles. The highest BCUT2D eigenvalue weighted by atomic mass is 79.9. The zero-order chi connectivity index (χ0) is 11.5. The van der Waals surface area contributed by atoms with Crippen LogP contribution in [0.4, 0.5) is 5.69 Å². The maximum absolute atomic E-state index is 6.01. The van der Waals surface area contributed by atoms with Gasteiger partial charge in [0.15, 0.2) is 0 Å². The number of benzene rings is 2. The van der Waals surface area contributed by atoms with Gasteiger partial charge in [-0.3, -0.25) is 0 Å². The summed E-state index contributed by atoms with van der Waals surface area (Å²) in [6.07, 6.45) is 0. The lowest BCUT2D eigenvalue weighted by molar-refractivity contribution is 1.53. The van der Waals surface area contributed by atoms with Crippen LogP contribution in [0.25, 0.3) is 5.57 Å². The molecular formula is C14H12BrN. The van der Waals surface area contributed by atoms with E-state index in [9.17, 15) is 0 Å². The first kappa shape index (κ1) is 11.0. The van der Waals surface area contributed by atoms with Crippen LogP contribution in [-0.2, 0) is 0 Å². The summed E-state index contributed by atoms with van der Waals surface area (Å²) >= 11 is 3.42. The van der Waals surface area contributed by atoms with E-state index in [0.29, 0.717) is 0 Å². The smallest absolute Gasteiger partial charge is 0.0538 e. The SMILES string of the molecule is C=C(c1ccccc1)c1cccc(Br)c1N. The van der Waals surface area contributed by atoms with Crippen LogP contribution >= 0.6 is 15.9 Å². The number of anilines is 1. The van der Waals surface area contributed by atoms with E-state index in [2.05, 4.69) is 22.5 Å². The van der Waals surface area contributed by atoms with Crippen LogP contribution in [0.1, 0.15) is 11.1 Å². The van der Waals surface area contributed by atoms with E-state index in [4.69, 9.17) is 5.73 Å². The third-order valence-electron chi connectivity index (χ3n) is 2.50. The monoisotopic (exact) mass is 273 g/mol. The predicted octanol–water partition coefficient (Wildman–Crippen LogP) is 4.09. The fraction of sp³-hybridized carbons (Fsp3) is 0. The highest BCUT2D eigenvalue weighted by molar-refractivity contribution is 9.10. The van der Waals surface area contributed by atoms with Crippen LogP contribution in [0.5, 0.6) is 0 Å². The van der Waals surface area contributed by atoms with Gasteiger partial charge in [0.25, 0.3) is 0 Å². The van der Waals surface area contributed by atoms with Gasteiger partial charge in [0, 0.05) is 10.0 Å². The molecule has 0 aliphatic carbocycles. The Labute approximate surface area is 104 Å². The summed E-state index contributed by atoms with van der Waals surface area (Å²) in [6.45, 7) is 4.10. The number of hydrogen-bond acceptors (Lipinski definition) is 1. The molecule has 2 rings (SSSR count). The minimum atomic E-state index is 0.733. The maximum atomic E-state index is 6.01. The van der Waals surface area contributed by atoms with E-state index in [1.54, 1.807) is 0 Å². The van der Waals surface area contributed by atoms with Crippen LogP contribution in [0, 0.1) is 0 Å². The first-order valence-corrected chi connectivity index (χ1v) is 5.78. The van der Waals surface area contributed by atoms with Gasteiger partial charge in [-0.25, -0.2) is 0 Å². The molecule has 0 amide bonds. The molecule has 0 heterocycles. The lowest BCUT2D eigenvalue weighted by Gasteiger charge is -2.10. The van der Waals surface area contributed by atoms with Gasteiger partial charge in [0.2, 0.25) is 0 Å². The van der Waals surface area contributed by atoms with Crippen molar-refractivity contribution < 1.29 is 0 Å². The number of nitrogen functional groups attached to an aromatic ring is 1. The Morgan fingerprint density at radius 1 is 1.00 bits per heavy atom. The molecule has 2 aromatic rings. The van der Waals surface area contributed by atoms with Crippen molar-refractivity contribution in [3.63, 3.8) is 0 Å². The normalized spacial score (nSPS) is 10.1. The van der Waals surface area contributed by atoms with Crippen LogP contribution in [0.3, 0.4) is 0 Å². The Morgan fingerprint density at radius 3 is 2.38 bits per heavy atom. The third kappa shape index (κ3) is 2.02. The van der Waals surface area contributed by atoms with Crippen molar-refractivity contribution in [2.75, 3.05) is 5.73 Å². The van der Waals surface area contributed by atoms with Gasteiger partial charge in [0.1, 0.15) is 0 Å². The Kier molecular flexibility index (Phi) is 3.11. The van der Waals surface area contributed by atoms with Gasteiger partial charge in [0.05, 0.1) is 5.69 Å². The Balaban J connectivity index is 2.46. The van der Waals surface area contributed by atoms with Crippen molar-refractivity contribution in [2.24, 2.45) is 0 Å². The van der Waals surface area contributed by atoms with Crippen molar-refractivity contribution >= 4 is 27.2 Å². The largest absolute Gasteiger partial charge is 0.397 e. The second kappa shape index (κ2) is 4.54. The van der Waals surface area contributed by atoms with Crippen molar-refractivity contribution in [1.82, 2.24) is 0 Å². The van der Waals surface area contributed by atoms with Crippen LogP contribution < -0.4 is 5.73 Å². The van der Waals surface area contributed by atoms with Crippen molar-refractivity contribution in [3.8, 4) is 0 Å². The molecule has 0 aromatic heterocycles. The van der Waals surface area contributed by atoms with E-state index in [0.717, 1.165) is 26.9 Å². The molecule has 0 aliphatic heterocycles. The van der Waals surface area contributed by atoms with Gasteiger partial charge in [-0.15, -0.1) is 0 Å². The van der Waals surface area contributed by atoms with Gasteiger partial charge in [-0.05, 0) is 33.1 Å². The van der Waals surface area contributed by atoms with E-state index in [1.165, 1.54) is 0 Å². The Bertz CT molecular complexity index is 518. The van der Waals surface area contributed by atoms with Gasteiger partial charge >= 0.3 is 0 Å². The second-order valence-electron chi connectivity index (χ2n) is 3.55. The average molecular weight is 274 g/mol. The lowest BCUT2D eigenvalue weighted by Crippen LogP contribution is -1.95. The van der Waals surface area contributed by atoms with E-state index < -0.39 is 0 Å². The standard InChI is InChI=1S/C14H12BrN/c1-10(11-6-3-2-4-7-11)12-8-5-9-13(15)14(12)16/h2-9H,1,16H2. The van der Waals surface area contributed by atoms with Crippen LogP contribution in [-0.4, -0.2) is 0 Å². The minimum Gasteiger partial charge on any atom is -0.397 e. The summed E-state index contributed by atoms with van der Waals surface area (Å²) in [7, 11) is 0. The third-order valence-corrected chi connectivity index (χ3v) is 3.19. The molecule has 80 valence electrons. The molecule has 0 radical (unpaired) electrons. The molecule has 2 aromatic carbocycles. The fourth-order valence-electron chi connectivity index (χ4n) is 1.60. The quantitative estimate of drug-likeness (QED) is 0.820. The molecule has 16 heavy (non-hydrogen) atoms. The number of nitrogens with two attached hydrogens (primary N) is 1. The van der Waals surface area contributed by atoms with E-state index >= 15 is 0 Å². The second-order valence-corrected chi connectivity index (χ2v) is 4.40. The molecule has 0 aliphatic rings. The molecular weight excluding hydrogens is 262 g/mol. The van der Waals surface area contributed by atoms with E-state index in [1.807, 2.05) is 48.5 Å². The van der Waals surface area contributed by atoms with E-state index in [-0.39, 0.29) is 0 Å². The molecule has 2 N–H and O–H groups in total. The number of halogens is 1. The lowest BCUT2D eigenvalue weighted by atomic mass is 9.98. The summed E-state index contributed by atoms with van der Waals surface area (Å²) in [5.74, 6) is 0. The Hall–Kier alpha value is -1.54. The average Bonchev–Trinajstić information content (AvgIpc) is 2.33. The highest BCUT2D eigenvalue weighted by Gasteiger charge is 2.07. The summed E-state index contributed by atoms with van der Waals surface area (Å²) in [4.78, 5) is 0. The van der Waals surface area contributed by atoms with Gasteiger partial charge in [-0.1, -0.05) is 49.0 Å². The first-order chi connectivity index (χ1) is 7.70. The molecule has 2 heteroatoms. The van der Waals surface area contributed by atoms with Crippen LogP contribution in [0.2, 0.25) is 0 Å². The summed E-state index contributed by atoms with van der Waals surface area (Å²) in [5, 5.41) is 0. The van der Waals surface area contributed by atoms with Gasteiger partial charge in [-0.2, -0.15) is 0 Å². The summed E-state index contributed by atoms with van der Waals surface area (Å²) in [6, 6.07) is 15.9. The molecule has 0 fully saturated rings. The predicted molar refractivity (Wildman–Crippen MR) is 73.1 cm³/mol. The summed E-state index contributed by atoms with van der Waals surface area (Å²) < 4.78 is 0.905. The molecule has 0 unspecified atom stereocenters. The van der Waals surface area contributed by atoms with Crippen LogP contribution in [0.15, 0.2) is 59.6 Å². The zero-order valence-electron chi connectivity index (χ0n) is 8.78. The van der Waals surface area contributed by atoms with Crippen molar-refractivity contribution in [3.05, 3.63) is 70.7 Å². The Morgan fingerprint density at radius 2 is 1.69 bits per heavy atom. The number of para-hydroxylation sites is 1. The molecule has 0 atom stereocenters. The van der Waals surface area contributed by atoms with Crippen molar-refractivity contribution in [1.29, 1.82) is 0 Å². The minimum absolute atomic E-state index is 0.733. The molecule has 0 bridgehead atoms. The fourth-order valence-corrected chi connectivity index (χ4v) is 1.96. The topological polar surface area (TPSA) is 26.0 Å². The molecule has 0 spiro atoms.